The number of hydrogen-bond donors (Lipinski definition) is 2. The van der Waals surface area contributed by atoms with Crippen molar-refractivity contribution >= 4 is 22.5 Å². The molecule has 0 spiro atoms. The fourth-order valence-corrected chi connectivity index (χ4v) is 2.87. The van der Waals surface area contributed by atoms with Gasteiger partial charge < -0.3 is 10.3 Å². The summed E-state index contributed by atoms with van der Waals surface area (Å²) in [5.41, 5.74) is 0.423. The zero-order valence-corrected chi connectivity index (χ0v) is 14.8. The first kappa shape index (κ1) is 17.3. The Balaban J connectivity index is 1.59. The Morgan fingerprint density at radius 3 is 2.75 bits per heavy atom. The van der Waals surface area contributed by atoms with Gasteiger partial charge in [-0.25, -0.2) is 4.79 Å². The van der Waals surface area contributed by atoms with Crippen molar-refractivity contribution in [3.05, 3.63) is 75.2 Å². The molecule has 2 aromatic carbocycles. The largest absolute Gasteiger partial charge is 0.329 e. The van der Waals surface area contributed by atoms with E-state index in [4.69, 9.17) is 0 Å². The molecule has 0 saturated heterocycles. The minimum absolute atomic E-state index is 0.339. The first-order chi connectivity index (χ1) is 13.5. The number of H-pyrrole nitrogens is 1. The van der Waals surface area contributed by atoms with Crippen molar-refractivity contribution in [1.82, 2.24) is 29.8 Å². The van der Waals surface area contributed by atoms with Crippen LogP contribution in [-0.2, 0) is 11.3 Å². The molecule has 0 radical (unpaired) electrons. The molecule has 28 heavy (non-hydrogen) atoms. The quantitative estimate of drug-likeness (QED) is 0.536. The summed E-state index contributed by atoms with van der Waals surface area (Å²) in [4.78, 5) is 39.7. The summed E-state index contributed by atoms with van der Waals surface area (Å²) in [6.45, 7) is 1.34. The van der Waals surface area contributed by atoms with Gasteiger partial charge in [0.2, 0.25) is 5.91 Å². The number of rotatable bonds is 4. The molecular weight excluding hydrogens is 362 g/mol. The SMILES string of the molecule is Cc1nnnn1-c1cccc(NC(=O)Cn2c(=O)[nH]c3ccccc3c2=O)c1. The van der Waals surface area contributed by atoms with Gasteiger partial charge in [-0.15, -0.1) is 5.10 Å². The van der Waals surface area contributed by atoms with Crippen molar-refractivity contribution in [2.75, 3.05) is 5.32 Å². The smallest absolute Gasteiger partial charge is 0.324 e. The van der Waals surface area contributed by atoms with E-state index in [1.54, 1.807) is 55.5 Å². The molecule has 2 N–H and O–H groups in total. The minimum atomic E-state index is -0.642. The second-order valence-corrected chi connectivity index (χ2v) is 6.10. The van der Waals surface area contributed by atoms with Crippen LogP contribution in [0.4, 0.5) is 5.69 Å². The van der Waals surface area contributed by atoms with E-state index < -0.39 is 23.7 Å². The van der Waals surface area contributed by atoms with Crippen molar-refractivity contribution in [3.8, 4) is 5.69 Å². The Morgan fingerprint density at radius 2 is 1.96 bits per heavy atom. The van der Waals surface area contributed by atoms with Crippen LogP contribution in [0.15, 0.2) is 58.1 Å². The number of benzene rings is 2. The number of fused-ring (bicyclic) bond motifs is 1. The number of para-hydroxylation sites is 1. The fraction of sp³-hybridized carbons (Fsp3) is 0.111. The summed E-state index contributed by atoms with van der Waals surface area (Å²) in [7, 11) is 0. The van der Waals surface area contributed by atoms with Gasteiger partial charge in [0.05, 0.1) is 16.6 Å². The maximum absolute atomic E-state index is 12.5. The second-order valence-electron chi connectivity index (χ2n) is 6.10. The molecular formula is C18H15N7O3. The molecule has 10 heteroatoms. The molecule has 0 aliphatic carbocycles. The number of nitrogens with one attached hydrogen (secondary N) is 2. The molecule has 0 bridgehead atoms. The van der Waals surface area contributed by atoms with Crippen LogP contribution in [-0.4, -0.2) is 35.7 Å². The van der Waals surface area contributed by atoms with Gasteiger partial charge in [0, 0.05) is 5.69 Å². The van der Waals surface area contributed by atoms with Crippen LogP contribution in [0.5, 0.6) is 0 Å². The highest BCUT2D eigenvalue weighted by molar-refractivity contribution is 5.91. The van der Waals surface area contributed by atoms with Crippen molar-refractivity contribution in [1.29, 1.82) is 0 Å². The topological polar surface area (TPSA) is 128 Å². The maximum Gasteiger partial charge on any atom is 0.329 e. The van der Waals surface area contributed by atoms with E-state index in [0.29, 0.717) is 28.1 Å². The lowest BCUT2D eigenvalue weighted by Gasteiger charge is -2.09. The standard InChI is InChI=1S/C18H15N7O3/c1-11-21-22-23-25(11)13-6-4-5-12(9-13)19-16(26)10-24-17(27)14-7-2-3-8-15(14)20-18(24)28/h2-9H,10H2,1H3,(H,19,26)(H,20,28). The Bertz CT molecular complexity index is 1300. The number of aryl methyl sites for hydroxylation is 1. The van der Waals surface area contributed by atoms with Gasteiger partial charge >= 0.3 is 5.69 Å². The molecule has 2 heterocycles. The third-order valence-electron chi connectivity index (χ3n) is 4.19. The summed E-state index contributed by atoms with van der Waals surface area (Å²) >= 11 is 0. The third-order valence-corrected chi connectivity index (χ3v) is 4.19. The predicted octanol–water partition coefficient (Wildman–Crippen LogP) is 0.613. The van der Waals surface area contributed by atoms with Crippen LogP contribution in [0.1, 0.15) is 5.82 Å². The van der Waals surface area contributed by atoms with E-state index in [2.05, 4.69) is 25.8 Å². The van der Waals surface area contributed by atoms with E-state index in [-0.39, 0.29) is 0 Å². The number of aromatic amines is 1. The lowest BCUT2D eigenvalue weighted by molar-refractivity contribution is -0.116. The third kappa shape index (κ3) is 3.18. The lowest BCUT2D eigenvalue weighted by Crippen LogP contribution is -2.38. The molecule has 2 aromatic heterocycles. The Labute approximate surface area is 157 Å². The lowest BCUT2D eigenvalue weighted by atomic mass is 10.2. The average molecular weight is 377 g/mol. The molecule has 10 nitrogen and oxygen atoms in total. The van der Waals surface area contributed by atoms with E-state index in [0.717, 1.165) is 4.57 Å². The van der Waals surface area contributed by atoms with Crippen LogP contribution in [0, 0.1) is 6.92 Å². The zero-order valence-electron chi connectivity index (χ0n) is 14.8. The maximum atomic E-state index is 12.5. The van der Waals surface area contributed by atoms with Crippen LogP contribution in [0.25, 0.3) is 16.6 Å². The molecule has 0 fully saturated rings. The first-order valence-electron chi connectivity index (χ1n) is 8.40. The second kappa shape index (κ2) is 6.91. The Kier molecular flexibility index (Phi) is 4.28. The van der Waals surface area contributed by atoms with E-state index in [1.165, 1.54) is 4.68 Å². The summed E-state index contributed by atoms with van der Waals surface area (Å²) in [6.07, 6.45) is 0. The summed E-state index contributed by atoms with van der Waals surface area (Å²) in [6, 6.07) is 13.5. The zero-order chi connectivity index (χ0) is 19.7. The highest BCUT2D eigenvalue weighted by Gasteiger charge is 2.12. The average Bonchev–Trinajstić information content (AvgIpc) is 3.11. The number of aromatic nitrogens is 6. The van der Waals surface area contributed by atoms with Crippen LogP contribution < -0.4 is 16.6 Å². The van der Waals surface area contributed by atoms with Gasteiger partial charge in [-0.3, -0.25) is 14.2 Å². The normalized spacial score (nSPS) is 10.9. The van der Waals surface area contributed by atoms with Gasteiger partial charge in [0.1, 0.15) is 6.54 Å². The molecule has 0 aliphatic heterocycles. The number of carbonyl (C=O) groups is 1. The van der Waals surface area contributed by atoms with Crippen LogP contribution in [0.2, 0.25) is 0 Å². The molecule has 0 saturated carbocycles. The molecule has 0 unspecified atom stereocenters. The van der Waals surface area contributed by atoms with Crippen molar-refractivity contribution < 1.29 is 4.79 Å². The van der Waals surface area contributed by atoms with Gasteiger partial charge in [-0.1, -0.05) is 18.2 Å². The number of nitrogens with zero attached hydrogens (tertiary/aromatic N) is 5. The molecule has 0 aliphatic rings. The summed E-state index contributed by atoms with van der Waals surface area (Å²) in [5.74, 6) is 0.0891. The Hall–Kier alpha value is -4.08. The van der Waals surface area contributed by atoms with Crippen molar-refractivity contribution in [2.45, 2.75) is 13.5 Å². The summed E-state index contributed by atoms with van der Waals surface area (Å²) < 4.78 is 2.39. The monoisotopic (exact) mass is 377 g/mol. The van der Waals surface area contributed by atoms with E-state index in [9.17, 15) is 14.4 Å². The fourth-order valence-electron chi connectivity index (χ4n) is 2.87. The number of anilines is 1. The van der Waals surface area contributed by atoms with Crippen LogP contribution in [0.3, 0.4) is 0 Å². The van der Waals surface area contributed by atoms with Gasteiger partial charge in [-0.2, -0.15) is 4.68 Å². The highest BCUT2D eigenvalue weighted by Crippen LogP contribution is 2.14. The molecule has 140 valence electrons. The number of hydrogen-bond acceptors (Lipinski definition) is 6. The van der Waals surface area contributed by atoms with Gasteiger partial charge in [-0.05, 0) is 47.7 Å². The molecule has 4 aromatic rings. The van der Waals surface area contributed by atoms with Crippen molar-refractivity contribution in [2.24, 2.45) is 0 Å². The van der Waals surface area contributed by atoms with Crippen LogP contribution >= 0.6 is 0 Å². The Morgan fingerprint density at radius 1 is 1.14 bits per heavy atom. The minimum Gasteiger partial charge on any atom is -0.324 e. The highest BCUT2D eigenvalue weighted by atomic mass is 16.2. The van der Waals surface area contributed by atoms with E-state index >= 15 is 0 Å². The molecule has 4 rings (SSSR count). The molecule has 1 amide bonds. The van der Waals surface area contributed by atoms with Gasteiger partial charge in [0.15, 0.2) is 5.82 Å². The number of amides is 1. The van der Waals surface area contributed by atoms with Crippen molar-refractivity contribution in [3.63, 3.8) is 0 Å². The summed E-state index contributed by atoms with van der Waals surface area (Å²) in [5, 5.41) is 14.3. The predicted molar refractivity (Wildman–Crippen MR) is 101 cm³/mol. The first-order valence-corrected chi connectivity index (χ1v) is 8.40. The number of carbonyl (C=O) groups excluding carboxylic acids is 1. The van der Waals surface area contributed by atoms with Gasteiger partial charge in [0.25, 0.3) is 5.56 Å². The molecule has 0 atom stereocenters. The number of tetrazole rings is 1. The van der Waals surface area contributed by atoms with E-state index in [1.807, 2.05) is 0 Å².